The molecule has 9 nitrogen and oxygen atoms in total. The molecule has 3 aromatic rings. The lowest BCUT2D eigenvalue weighted by Crippen LogP contribution is -2.40. The molecule has 0 bridgehead atoms. The van der Waals surface area contributed by atoms with Crippen LogP contribution in [-0.2, 0) is 4.74 Å². The first-order valence-electron chi connectivity index (χ1n) is 9.43. The lowest BCUT2D eigenvalue weighted by Gasteiger charge is -2.26. The second-order valence-corrected chi connectivity index (χ2v) is 6.67. The number of carbonyl (C=O) groups excluding carboxylic acids is 1. The molecule has 1 aliphatic rings. The molecule has 2 aromatic heterocycles. The van der Waals surface area contributed by atoms with Gasteiger partial charge >= 0.3 is 0 Å². The van der Waals surface area contributed by atoms with Crippen LogP contribution in [0.4, 0.5) is 5.69 Å². The van der Waals surface area contributed by atoms with Crippen molar-refractivity contribution < 1.29 is 9.53 Å². The van der Waals surface area contributed by atoms with Crippen molar-refractivity contribution in [2.24, 2.45) is 15.9 Å². The average molecular weight is 404 g/mol. The number of ether oxygens (including phenoxy) is 1. The summed E-state index contributed by atoms with van der Waals surface area (Å²) in [7, 11) is 0. The van der Waals surface area contributed by atoms with E-state index in [-0.39, 0.29) is 22.7 Å². The fourth-order valence-corrected chi connectivity index (χ4v) is 3.17. The Balaban J connectivity index is 1.53. The number of hydrogen-bond acceptors (Lipinski definition) is 7. The number of nitrogens with one attached hydrogen (secondary N) is 1. The molecule has 3 N–H and O–H groups in total. The molecule has 152 valence electrons. The molecule has 1 fully saturated rings. The van der Waals surface area contributed by atoms with E-state index in [4.69, 9.17) is 10.6 Å². The maximum Gasteiger partial charge on any atom is 0.258 e. The number of H-pyrrole nitrogens is 1. The van der Waals surface area contributed by atoms with Crippen molar-refractivity contribution in [1.29, 1.82) is 0 Å². The topological polar surface area (TPSA) is 126 Å². The molecule has 1 aliphatic heterocycles. The van der Waals surface area contributed by atoms with Gasteiger partial charge in [-0.25, -0.2) is 0 Å². The van der Waals surface area contributed by atoms with Gasteiger partial charge in [0.05, 0.1) is 41.7 Å². The third-order valence-electron chi connectivity index (χ3n) is 4.78. The van der Waals surface area contributed by atoms with Crippen molar-refractivity contribution in [3.05, 3.63) is 70.1 Å². The van der Waals surface area contributed by atoms with Gasteiger partial charge in [-0.1, -0.05) is 0 Å². The molecule has 1 aromatic carbocycles. The van der Waals surface area contributed by atoms with E-state index < -0.39 is 0 Å². The monoisotopic (exact) mass is 404 g/mol. The zero-order chi connectivity index (χ0) is 20.9. The highest BCUT2D eigenvalue weighted by molar-refractivity contribution is 6.38. The zero-order valence-corrected chi connectivity index (χ0v) is 16.1. The molecular weight excluding hydrogens is 384 g/mol. The van der Waals surface area contributed by atoms with E-state index in [0.717, 1.165) is 0 Å². The number of pyridine rings is 2. The van der Waals surface area contributed by atoms with Gasteiger partial charge in [-0.15, -0.1) is 0 Å². The molecular formula is C21H20N6O3. The molecule has 9 heteroatoms. The Labute approximate surface area is 171 Å². The SMILES string of the molecule is NN=C(C=Nc1ccc(C(=O)N2CCOCC2)cc1)c1cc2ncccc2[nH]c1=O. The Morgan fingerprint density at radius 3 is 2.70 bits per heavy atom. The summed E-state index contributed by atoms with van der Waals surface area (Å²) in [6.07, 6.45) is 3.05. The first kappa shape index (κ1) is 19.5. The summed E-state index contributed by atoms with van der Waals surface area (Å²) in [6, 6.07) is 12.0. The number of nitrogens with two attached hydrogens (primary N) is 1. The minimum absolute atomic E-state index is 0.0340. The molecule has 0 atom stereocenters. The first-order valence-corrected chi connectivity index (χ1v) is 9.43. The van der Waals surface area contributed by atoms with Crippen LogP contribution in [-0.4, -0.2) is 59.0 Å². The largest absolute Gasteiger partial charge is 0.378 e. The predicted molar refractivity (Wildman–Crippen MR) is 114 cm³/mol. The first-order chi connectivity index (χ1) is 14.7. The summed E-state index contributed by atoms with van der Waals surface area (Å²) >= 11 is 0. The smallest absolute Gasteiger partial charge is 0.258 e. The van der Waals surface area contributed by atoms with Crippen molar-refractivity contribution in [3.8, 4) is 0 Å². The summed E-state index contributed by atoms with van der Waals surface area (Å²) in [5.74, 6) is 5.46. The van der Waals surface area contributed by atoms with Gasteiger partial charge in [-0.3, -0.25) is 19.6 Å². The number of morpholine rings is 1. The van der Waals surface area contributed by atoms with Crippen LogP contribution in [0.1, 0.15) is 15.9 Å². The molecule has 1 saturated heterocycles. The number of aromatic amines is 1. The van der Waals surface area contributed by atoms with Crippen molar-refractivity contribution in [1.82, 2.24) is 14.9 Å². The lowest BCUT2D eigenvalue weighted by molar-refractivity contribution is 0.0303. The minimum Gasteiger partial charge on any atom is -0.378 e. The van der Waals surface area contributed by atoms with Crippen LogP contribution in [0.3, 0.4) is 0 Å². The van der Waals surface area contributed by atoms with Gasteiger partial charge in [0.2, 0.25) is 0 Å². The summed E-state index contributed by atoms with van der Waals surface area (Å²) < 4.78 is 5.28. The van der Waals surface area contributed by atoms with E-state index >= 15 is 0 Å². The maximum absolute atomic E-state index is 12.5. The van der Waals surface area contributed by atoms with E-state index in [1.165, 1.54) is 6.21 Å². The van der Waals surface area contributed by atoms with E-state index in [9.17, 15) is 9.59 Å². The van der Waals surface area contributed by atoms with Gasteiger partial charge in [0.25, 0.3) is 11.5 Å². The highest BCUT2D eigenvalue weighted by atomic mass is 16.5. The molecule has 30 heavy (non-hydrogen) atoms. The van der Waals surface area contributed by atoms with Crippen LogP contribution in [0, 0.1) is 0 Å². The summed E-state index contributed by atoms with van der Waals surface area (Å²) in [5.41, 5.74) is 2.58. The highest BCUT2D eigenvalue weighted by Gasteiger charge is 2.18. The number of aliphatic imine (C=N–C) groups is 1. The van der Waals surface area contributed by atoms with Crippen molar-refractivity contribution in [3.63, 3.8) is 0 Å². The summed E-state index contributed by atoms with van der Waals surface area (Å²) in [5, 5.41) is 3.69. The average Bonchev–Trinajstić information content (AvgIpc) is 2.80. The fourth-order valence-electron chi connectivity index (χ4n) is 3.17. The fraction of sp³-hybridized carbons (Fsp3) is 0.190. The molecule has 0 radical (unpaired) electrons. The summed E-state index contributed by atoms with van der Waals surface area (Å²) in [4.78, 5) is 38.0. The van der Waals surface area contributed by atoms with Crippen LogP contribution in [0.25, 0.3) is 11.0 Å². The van der Waals surface area contributed by atoms with E-state index in [2.05, 4.69) is 20.1 Å². The third-order valence-corrected chi connectivity index (χ3v) is 4.78. The Morgan fingerprint density at radius 1 is 1.20 bits per heavy atom. The number of hydrazone groups is 1. The van der Waals surface area contributed by atoms with Crippen LogP contribution < -0.4 is 11.4 Å². The zero-order valence-electron chi connectivity index (χ0n) is 16.1. The van der Waals surface area contributed by atoms with Crippen molar-refractivity contribution in [2.75, 3.05) is 26.3 Å². The van der Waals surface area contributed by atoms with Crippen LogP contribution in [0.5, 0.6) is 0 Å². The molecule has 0 saturated carbocycles. The Morgan fingerprint density at radius 2 is 1.97 bits per heavy atom. The number of rotatable bonds is 4. The van der Waals surface area contributed by atoms with Gasteiger partial charge in [-0.2, -0.15) is 5.10 Å². The summed E-state index contributed by atoms with van der Waals surface area (Å²) in [6.45, 7) is 2.28. The minimum atomic E-state index is -0.336. The predicted octanol–water partition coefficient (Wildman–Crippen LogP) is 1.46. The Bertz CT molecular complexity index is 1180. The number of amides is 1. The van der Waals surface area contributed by atoms with E-state index in [0.29, 0.717) is 48.6 Å². The van der Waals surface area contributed by atoms with Gasteiger partial charge in [0, 0.05) is 24.8 Å². The quantitative estimate of drug-likeness (QED) is 0.387. The van der Waals surface area contributed by atoms with Crippen LogP contribution in [0.2, 0.25) is 0 Å². The van der Waals surface area contributed by atoms with Gasteiger partial charge in [0.1, 0.15) is 5.71 Å². The lowest BCUT2D eigenvalue weighted by atomic mass is 10.1. The second kappa shape index (κ2) is 8.66. The highest BCUT2D eigenvalue weighted by Crippen LogP contribution is 2.15. The van der Waals surface area contributed by atoms with E-state index in [1.807, 2.05) is 0 Å². The Kier molecular flexibility index (Phi) is 5.62. The van der Waals surface area contributed by atoms with Gasteiger partial charge < -0.3 is 20.5 Å². The van der Waals surface area contributed by atoms with Crippen LogP contribution in [0.15, 0.2) is 63.5 Å². The van der Waals surface area contributed by atoms with Crippen molar-refractivity contribution >= 4 is 34.6 Å². The molecule has 4 rings (SSSR count). The molecule has 3 heterocycles. The number of carbonyl (C=O) groups is 1. The maximum atomic E-state index is 12.5. The van der Waals surface area contributed by atoms with Gasteiger partial charge in [-0.05, 0) is 42.5 Å². The third kappa shape index (κ3) is 4.11. The Hall–Kier alpha value is -3.85. The van der Waals surface area contributed by atoms with Crippen LogP contribution >= 0.6 is 0 Å². The number of fused-ring (bicyclic) bond motifs is 1. The number of nitrogens with zero attached hydrogens (tertiary/aromatic N) is 4. The standard InChI is InChI=1S/C21H20N6O3/c22-26-19(16-12-18-17(25-20(16)28)2-1-7-23-18)13-24-15-5-3-14(4-6-15)21(29)27-8-10-30-11-9-27/h1-7,12-13H,8-11,22H2,(H,25,28). The molecule has 0 spiro atoms. The molecule has 0 unspecified atom stereocenters. The molecule has 0 aliphatic carbocycles. The van der Waals surface area contributed by atoms with Gasteiger partial charge in [0.15, 0.2) is 0 Å². The van der Waals surface area contributed by atoms with Crippen molar-refractivity contribution in [2.45, 2.75) is 0 Å². The number of benzene rings is 1. The second-order valence-electron chi connectivity index (χ2n) is 6.67. The normalized spacial score (nSPS) is 15.1. The number of aromatic nitrogens is 2. The molecule has 1 amide bonds. The number of hydrogen-bond donors (Lipinski definition) is 2. The van der Waals surface area contributed by atoms with E-state index in [1.54, 1.807) is 53.6 Å².